The van der Waals surface area contributed by atoms with Crippen LogP contribution in [0.15, 0.2) is 24.3 Å². The first-order valence-electron chi connectivity index (χ1n) is 6.13. The molecule has 5 heteroatoms. The molecule has 1 atom stereocenters. The number of benzene rings is 1. The van der Waals surface area contributed by atoms with E-state index in [2.05, 4.69) is 22.5 Å². The number of hydrogen-bond acceptors (Lipinski definition) is 3. The Morgan fingerprint density at radius 3 is 2.84 bits per heavy atom. The van der Waals surface area contributed by atoms with E-state index in [1.165, 1.54) is 0 Å². The van der Waals surface area contributed by atoms with E-state index in [1.807, 2.05) is 0 Å². The van der Waals surface area contributed by atoms with Crippen molar-refractivity contribution in [3.63, 3.8) is 0 Å². The van der Waals surface area contributed by atoms with Crippen LogP contribution in [0.2, 0.25) is 0 Å². The Hall–Kier alpha value is -2.03. The van der Waals surface area contributed by atoms with E-state index in [-0.39, 0.29) is 18.7 Å². The summed E-state index contributed by atoms with van der Waals surface area (Å²) in [5, 5.41) is 14.2. The maximum absolute atomic E-state index is 11.7. The van der Waals surface area contributed by atoms with Crippen LogP contribution in [0.3, 0.4) is 0 Å². The highest BCUT2D eigenvalue weighted by atomic mass is 16.5. The average molecular weight is 260 g/mol. The fraction of sp³-hybridized carbons (Fsp3) is 0.357. The van der Waals surface area contributed by atoms with Crippen molar-refractivity contribution in [2.75, 3.05) is 25.1 Å². The number of nitrogens with one attached hydrogen (secondary N) is 2. The lowest BCUT2D eigenvalue weighted by atomic mass is 10.2. The maximum atomic E-state index is 11.7. The number of rotatable bonds is 2. The molecule has 1 aliphatic heterocycles. The Morgan fingerprint density at radius 2 is 2.21 bits per heavy atom. The number of carbonyl (C=O) groups excluding carboxylic acids is 1. The van der Waals surface area contributed by atoms with Crippen molar-refractivity contribution in [3.8, 4) is 11.8 Å². The lowest BCUT2D eigenvalue weighted by molar-refractivity contribution is 0.189. The number of amides is 2. The summed E-state index contributed by atoms with van der Waals surface area (Å²) >= 11 is 0. The molecule has 0 aromatic heterocycles. The molecule has 0 spiro atoms. The summed E-state index contributed by atoms with van der Waals surface area (Å²) in [5.74, 6) is 5.35. The van der Waals surface area contributed by atoms with Crippen LogP contribution in [0, 0.1) is 11.8 Å². The highest BCUT2D eigenvalue weighted by Crippen LogP contribution is 2.09. The van der Waals surface area contributed by atoms with Crippen LogP contribution in [0.4, 0.5) is 10.5 Å². The molecule has 1 heterocycles. The molecule has 1 saturated heterocycles. The Labute approximate surface area is 112 Å². The van der Waals surface area contributed by atoms with Gasteiger partial charge in [0.15, 0.2) is 0 Å². The number of urea groups is 1. The minimum Gasteiger partial charge on any atom is -0.384 e. The highest BCUT2D eigenvalue weighted by molar-refractivity contribution is 5.89. The Balaban J connectivity index is 1.86. The van der Waals surface area contributed by atoms with Gasteiger partial charge in [-0.25, -0.2) is 4.79 Å². The standard InChI is InChI=1S/C14H16N2O3/c17-8-1-2-11-3-5-12(6-4-11)15-14(18)16-13-7-9-19-10-13/h3-6,13,17H,7-10H2,(H2,15,16,18). The summed E-state index contributed by atoms with van der Waals surface area (Å²) in [5.41, 5.74) is 1.50. The van der Waals surface area contributed by atoms with Crippen LogP contribution in [0.1, 0.15) is 12.0 Å². The molecule has 0 radical (unpaired) electrons. The predicted molar refractivity (Wildman–Crippen MR) is 71.8 cm³/mol. The van der Waals surface area contributed by atoms with Gasteiger partial charge < -0.3 is 20.5 Å². The number of aliphatic hydroxyl groups is 1. The van der Waals surface area contributed by atoms with Gasteiger partial charge in [0.2, 0.25) is 0 Å². The third-order valence-corrected chi connectivity index (χ3v) is 2.72. The molecular weight excluding hydrogens is 244 g/mol. The van der Waals surface area contributed by atoms with Crippen molar-refractivity contribution < 1.29 is 14.6 Å². The molecule has 2 amide bonds. The second-order valence-electron chi connectivity index (χ2n) is 4.20. The molecule has 1 aliphatic rings. The smallest absolute Gasteiger partial charge is 0.319 e. The number of anilines is 1. The number of ether oxygens (including phenoxy) is 1. The van der Waals surface area contributed by atoms with Crippen LogP contribution >= 0.6 is 0 Å². The molecule has 1 unspecified atom stereocenters. The van der Waals surface area contributed by atoms with Crippen LogP contribution in [0.5, 0.6) is 0 Å². The molecule has 1 fully saturated rings. The largest absolute Gasteiger partial charge is 0.384 e. The summed E-state index contributed by atoms with van der Waals surface area (Å²) in [6.07, 6.45) is 0.850. The monoisotopic (exact) mass is 260 g/mol. The fourth-order valence-corrected chi connectivity index (χ4v) is 1.78. The number of hydrogen-bond donors (Lipinski definition) is 3. The van der Waals surface area contributed by atoms with Gasteiger partial charge in [-0.15, -0.1) is 0 Å². The van der Waals surface area contributed by atoms with Crippen LogP contribution in [-0.2, 0) is 4.74 Å². The van der Waals surface area contributed by atoms with Gasteiger partial charge in [0.05, 0.1) is 12.6 Å². The van der Waals surface area contributed by atoms with Crippen LogP contribution in [-0.4, -0.2) is 37.0 Å². The topological polar surface area (TPSA) is 70.6 Å². The molecule has 0 saturated carbocycles. The minimum atomic E-state index is -0.232. The quantitative estimate of drug-likeness (QED) is 0.693. The molecule has 5 nitrogen and oxygen atoms in total. The number of aliphatic hydroxyl groups excluding tert-OH is 1. The SMILES string of the molecule is O=C(Nc1ccc(C#CCO)cc1)NC1CCOC1. The second-order valence-corrected chi connectivity index (χ2v) is 4.20. The Morgan fingerprint density at radius 1 is 1.42 bits per heavy atom. The van der Waals surface area contributed by atoms with Crippen molar-refractivity contribution in [1.82, 2.24) is 5.32 Å². The molecule has 0 aliphatic carbocycles. The second kappa shape index (κ2) is 6.78. The van der Waals surface area contributed by atoms with Gasteiger partial charge in [-0.2, -0.15) is 0 Å². The van der Waals surface area contributed by atoms with E-state index in [1.54, 1.807) is 24.3 Å². The first kappa shape index (κ1) is 13.4. The van der Waals surface area contributed by atoms with Crippen molar-refractivity contribution in [1.29, 1.82) is 0 Å². The van der Waals surface area contributed by atoms with E-state index < -0.39 is 0 Å². The van der Waals surface area contributed by atoms with Gasteiger partial charge >= 0.3 is 6.03 Å². The van der Waals surface area contributed by atoms with Gasteiger partial charge in [0, 0.05) is 17.9 Å². The van der Waals surface area contributed by atoms with Crippen molar-refractivity contribution >= 4 is 11.7 Å². The molecule has 1 aromatic rings. The lowest BCUT2D eigenvalue weighted by Gasteiger charge is -2.11. The van der Waals surface area contributed by atoms with Crippen molar-refractivity contribution in [3.05, 3.63) is 29.8 Å². The van der Waals surface area contributed by atoms with Gasteiger partial charge in [-0.05, 0) is 30.7 Å². The maximum Gasteiger partial charge on any atom is 0.319 e. The normalized spacial score (nSPS) is 17.4. The summed E-state index contributed by atoms with van der Waals surface area (Å²) < 4.78 is 5.18. The summed E-state index contributed by atoms with van der Waals surface area (Å²) in [4.78, 5) is 11.7. The van der Waals surface area contributed by atoms with Crippen molar-refractivity contribution in [2.45, 2.75) is 12.5 Å². The summed E-state index contributed by atoms with van der Waals surface area (Å²) in [6.45, 7) is 1.11. The zero-order chi connectivity index (χ0) is 13.5. The third-order valence-electron chi connectivity index (χ3n) is 2.72. The Bertz CT molecular complexity index is 482. The van der Waals surface area contributed by atoms with E-state index in [9.17, 15) is 4.79 Å². The molecule has 2 rings (SSSR count). The van der Waals surface area contributed by atoms with Gasteiger partial charge in [0.25, 0.3) is 0 Å². The van der Waals surface area contributed by atoms with Gasteiger partial charge in [-0.1, -0.05) is 11.8 Å². The summed E-state index contributed by atoms with van der Waals surface area (Å²) in [7, 11) is 0. The van der Waals surface area contributed by atoms with E-state index >= 15 is 0 Å². The molecule has 100 valence electrons. The summed E-state index contributed by atoms with van der Waals surface area (Å²) in [6, 6.07) is 6.98. The first-order valence-corrected chi connectivity index (χ1v) is 6.13. The highest BCUT2D eigenvalue weighted by Gasteiger charge is 2.17. The molecular formula is C14H16N2O3. The van der Waals surface area contributed by atoms with Crippen molar-refractivity contribution in [2.24, 2.45) is 0 Å². The molecule has 19 heavy (non-hydrogen) atoms. The van der Waals surface area contributed by atoms with Crippen LogP contribution in [0.25, 0.3) is 0 Å². The molecule has 0 bridgehead atoms. The first-order chi connectivity index (χ1) is 9.28. The number of carbonyl (C=O) groups is 1. The van der Waals surface area contributed by atoms with E-state index in [0.717, 1.165) is 12.0 Å². The van der Waals surface area contributed by atoms with E-state index in [4.69, 9.17) is 9.84 Å². The fourth-order valence-electron chi connectivity index (χ4n) is 1.78. The zero-order valence-corrected chi connectivity index (χ0v) is 10.5. The predicted octanol–water partition coefficient (Wildman–Crippen LogP) is 0.941. The van der Waals surface area contributed by atoms with Gasteiger partial charge in [0.1, 0.15) is 6.61 Å². The minimum absolute atomic E-state index is 0.0923. The zero-order valence-electron chi connectivity index (χ0n) is 10.5. The lowest BCUT2D eigenvalue weighted by Crippen LogP contribution is -2.38. The molecule has 1 aromatic carbocycles. The average Bonchev–Trinajstić information content (AvgIpc) is 2.90. The van der Waals surface area contributed by atoms with E-state index in [0.29, 0.717) is 18.9 Å². The van der Waals surface area contributed by atoms with Gasteiger partial charge in [-0.3, -0.25) is 0 Å². The third kappa shape index (κ3) is 4.28. The molecule has 3 N–H and O–H groups in total. The Kier molecular flexibility index (Phi) is 4.78. The van der Waals surface area contributed by atoms with Crippen LogP contribution < -0.4 is 10.6 Å².